The second-order valence-electron chi connectivity index (χ2n) is 3.10. The van der Waals surface area contributed by atoms with E-state index in [1.54, 1.807) is 23.7 Å². The van der Waals surface area contributed by atoms with Gasteiger partial charge in [0.25, 0.3) is 0 Å². The normalized spacial score (nSPS) is 9.87. The number of aryl methyl sites for hydroxylation is 1. The second-order valence-corrected chi connectivity index (χ2v) is 4.19. The van der Waals surface area contributed by atoms with Crippen LogP contribution in [0.5, 0.6) is 0 Å². The minimum atomic E-state index is 0.434. The first-order valence-corrected chi connectivity index (χ1v) is 5.36. The van der Waals surface area contributed by atoms with Crippen LogP contribution < -0.4 is 0 Å². The summed E-state index contributed by atoms with van der Waals surface area (Å²) in [4.78, 5) is 9.51. The minimum Gasteiger partial charge on any atom is -0.264 e. The van der Waals surface area contributed by atoms with E-state index in [-0.39, 0.29) is 0 Å². The molecule has 0 saturated heterocycles. The van der Waals surface area contributed by atoms with Crippen LogP contribution in [0.25, 0.3) is 10.6 Å². The molecule has 0 N–H and O–H groups in total. The molecular formula is C11H9N3S. The van der Waals surface area contributed by atoms with E-state index in [9.17, 15) is 0 Å². The third kappa shape index (κ3) is 2.03. The number of hydrogen-bond donors (Lipinski definition) is 0. The average Bonchev–Trinajstić information content (AvgIpc) is 2.63. The van der Waals surface area contributed by atoms with Crippen LogP contribution in [0.15, 0.2) is 24.5 Å². The standard InChI is InChI=1S/C11H9N3S/c1-8-10(4-5-12)15-11(14-8)9-3-2-6-13-7-9/h2-3,6-7H,4H2,1H3. The zero-order valence-corrected chi connectivity index (χ0v) is 9.08. The lowest BCUT2D eigenvalue weighted by Crippen LogP contribution is -1.80. The molecule has 0 saturated carbocycles. The van der Waals surface area contributed by atoms with Crippen molar-refractivity contribution in [3.05, 3.63) is 35.1 Å². The maximum Gasteiger partial charge on any atom is 0.125 e. The number of rotatable bonds is 2. The van der Waals surface area contributed by atoms with Crippen molar-refractivity contribution in [2.24, 2.45) is 0 Å². The van der Waals surface area contributed by atoms with Gasteiger partial charge in [-0.15, -0.1) is 11.3 Å². The van der Waals surface area contributed by atoms with Gasteiger partial charge in [-0.3, -0.25) is 4.98 Å². The van der Waals surface area contributed by atoms with Crippen molar-refractivity contribution in [3.8, 4) is 16.6 Å². The van der Waals surface area contributed by atoms with Gasteiger partial charge in [0.05, 0.1) is 18.2 Å². The van der Waals surface area contributed by atoms with Gasteiger partial charge in [-0.1, -0.05) is 0 Å². The minimum absolute atomic E-state index is 0.434. The molecule has 0 aliphatic rings. The summed E-state index contributed by atoms with van der Waals surface area (Å²) in [5.74, 6) is 0. The highest BCUT2D eigenvalue weighted by Crippen LogP contribution is 2.27. The number of pyridine rings is 1. The van der Waals surface area contributed by atoms with Gasteiger partial charge < -0.3 is 0 Å². The number of nitrogens with zero attached hydrogens (tertiary/aromatic N) is 3. The molecule has 0 aliphatic heterocycles. The molecule has 0 atom stereocenters. The van der Waals surface area contributed by atoms with Crippen LogP contribution in [0.1, 0.15) is 10.6 Å². The molecular weight excluding hydrogens is 206 g/mol. The highest BCUT2D eigenvalue weighted by Gasteiger charge is 2.08. The summed E-state index contributed by atoms with van der Waals surface area (Å²) in [5, 5.41) is 9.58. The first-order valence-electron chi connectivity index (χ1n) is 4.55. The SMILES string of the molecule is Cc1nc(-c2cccnc2)sc1CC#N. The summed E-state index contributed by atoms with van der Waals surface area (Å²) in [7, 11) is 0. The summed E-state index contributed by atoms with van der Waals surface area (Å²) in [6, 6.07) is 6.00. The van der Waals surface area contributed by atoms with Crippen LogP contribution >= 0.6 is 11.3 Å². The van der Waals surface area contributed by atoms with Gasteiger partial charge in [-0.05, 0) is 19.1 Å². The Morgan fingerprint density at radius 1 is 1.53 bits per heavy atom. The highest BCUT2D eigenvalue weighted by atomic mass is 32.1. The number of aromatic nitrogens is 2. The third-order valence-electron chi connectivity index (χ3n) is 2.04. The third-order valence-corrected chi connectivity index (χ3v) is 3.25. The summed E-state index contributed by atoms with van der Waals surface area (Å²) in [5.41, 5.74) is 1.95. The molecule has 0 unspecified atom stereocenters. The molecule has 0 fully saturated rings. The first-order chi connectivity index (χ1) is 7.31. The van der Waals surface area contributed by atoms with Crippen molar-refractivity contribution in [1.29, 1.82) is 5.26 Å². The van der Waals surface area contributed by atoms with E-state index in [0.717, 1.165) is 21.1 Å². The largest absolute Gasteiger partial charge is 0.264 e. The average molecular weight is 215 g/mol. The fourth-order valence-corrected chi connectivity index (χ4v) is 2.26. The van der Waals surface area contributed by atoms with Crippen molar-refractivity contribution in [2.45, 2.75) is 13.3 Å². The van der Waals surface area contributed by atoms with E-state index in [2.05, 4.69) is 16.0 Å². The Morgan fingerprint density at radius 2 is 2.40 bits per heavy atom. The number of hydrogen-bond acceptors (Lipinski definition) is 4. The molecule has 0 aliphatic carbocycles. The van der Waals surface area contributed by atoms with Crippen LogP contribution in [-0.2, 0) is 6.42 Å². The fraction of sp³-hybridized carbons (Fsp3) is 0.182. The number of thiazole rings is 1. The van der Waals surface area contributed by atoms with Crippen molar-refractivity contribution in [2.75, 3.05) is 0 Å². The molecule has 0 aromatic carbocycles. The molecule has 15 heavy (non-hydrogen) atoms. The summed E-state index contributed by atoms with van der Waals surface area (Å²) < 4.78 is 0. The molecule has 74 valence electrons. The van der Waals surface area contributed by atoms with Gasteiger partial charge in [0, 0.05) is 22.8 Å². The zero-order chi connectivity index (χ0) is 10.7. The Balaban J connectivity index is 2.40. The van der Waals surface area contributed by atoms with Crippen LogP contribution in [0.3, 0.4) is 0 Å². The van der Waals surface area contributed by atoms with Crippen molar-refractivity contribution >= 4 is 11.3 Å². The molecule has 2 aromatic rings. The van der Waals surface area contributed by atoms with E-state index in [1.807, 2.05) is 19.1 Å². The zero-order valence-electron chi connectivity index (χ0n) is 8.27. The molecule has 4 heteroatoms. The Bertz CT molecular complexity index is 496. The second kappa shape index (κ2) is 4.20. The maximum atomic E-state index is 8.64. The van der Waals surface area contributed by atoms with Crippen molar-refractivity contribution < 1.29 is 0 Å². The molecule has 2 heterocycles. The Morgan fingerprint density at radius 3 is 3.07 bits per heavy atom. The Kier molecular flexibility index (Phi) is 2.75. The smallest absolute Gasteiger partial charge is 0.125 e. The lowest BCUT2D eigenvalue weighted by molar-refractivity contribution is 1.18. The van der Waals surface area contributed by atoms with Gasteiger partial charge in [0.1, 0.15) is 5.01 Å². The fourth-order valence-electron chi connectivity index (χ4n) is 1.28. The van der Waals surface area contributed by atoms with E-state index in [0.29, 0.717) is 6.42 Å². The molecule has 2 aromatic heterocycles. The lowest BCUT2D eigenvalue weighted by Gasteiger charge is -1.91. The van der Waals surface area contributed by atoms with Gasteiger partial charge in [0.15, 0.2) is 0 Å². The number of nitriles is 1. The van der Waals surface area contributed by atoms with Gasteiger partial charge in [0.2, 0.25) is 0 Å². The van der Waals surface area contributed by atoms with E-state index < -0.39 is 0 Å². The molecule has 3 nitrogen and oxygen atoms in total. The van der Waals surface area contributed by atoms with E-state index in [4.69, 9.17) is 5.26 Å². The van der Waals surface area contributed by atoms with Crippen molar-refractivity contribution in [3.63, 3.8) is 0 Å². The predicted molar refractivity (Wildman–Crippen MR) is 59.4 cm³/mol. The van der Waals surface area contributed by atoms with Crippen LogP contribution in [-0.4, -0.2) is 9.97 Å². The molecule has 0 radical (unpaired) electrons. The molecule has 0 amide bonds. The molecule has 0 spiro atoms. The monoisotopic (exact) mass is 215 g/mol. The van der Waals surface area contributed by atoms with Gasteiger partial charge >= 0.3 is 0 Å². The molecule has 0 bridgehead atoms. The highest BCUT2D eigenvalue weighted by molar-refractivity contribution is 7.15. The molecule has 2 rings (SSSR count). The quantitative estimate of drug-likeness (QED) is 0.773. The van der Waals surface area contributed by atoms with E-state index >= 15 is 0 Å². The Hall–Kier alpha value is -1.73. The summed E-state index contributed by atoms with van der Waals surface area (Å²) in [6.45, 7) is 1.93. The van der Waals surface area contributed by atoms with Crippen molar-refractivity contribution in [1.82, 2.24) is 9.97 Å². The predicted octanol–water partition coefficient (Wildman–Crippen LogP) is 2.58. The van der Waals surface area contributed by atoms with Crippen LogP contribution in [0.2, 0.25) is 0 Å². The summed E-state index contributed by atoms with van der Waals surface area (Å²) in [6.07, 6.45) is 3.96. The topological polar surface area (TPSA) is 49.6 Å². The first kappa shape index (κ1) is 9.81. The Labute approximate surface area is 92.1 Å². The van der Waals surface area contributed by atoms with Gasteiger partial charge in [-0.2, -0.15) is 5.26 Å². The van der Waals surface area contributed by atoms with Gasteiger partial charge in [-0.25, -0.2) is 4.98 Å². The van der Waals surface area contributed by atoms with Crippen LogP contribution in [0, 0.1) is 18.3 Å². The lowest BCUT2D eigenvalue weighted by atomic mass is 10.3. The summed E-state index contributed by atoms with van der Waals surface area (Å²) >= 11 is 1.56. The maximum absolute atomic E-state index is 8.64. The van der Waals surface area contributed by atoms with Crippen LogP contribution in [0.4, 0.5) is 0 Å². The van der Waals surface area contributed by atoms with E-state index in [1.165, 1.54) is 0 Å².